The molecule has 118 valence electrons. The number of ether oxygens (including phenoxy) is 1. The first-order valence-electron chi connectivity index (χ1n) is 7.24. The van der Waals surface area contributed by atoms with Crippen molar-refractivity contribution in [2.45, 2.75) is 39.7 Å². The molecule has 1 unspecified atom stereocenters. The van der Waals surface area contributed by atoms with Gasteiger partial charge in [0.25, 0.3) is 0 Å². The minimum atomic E-state index is -0.422. The highest BCUT2D eigenvalue weighted by Crippen LogP contribution is 2.37. The zero-order valence-corrected chi connectivity index (χ0v) is 13.2. The van der Waals surface area contributed by atoms with E-state index in [0.29, 0.717) is 18.8 Å². The molecule has 0 amide bonds. The molecular weight excluding hydrogens is 270 g/mol. The average Bonchev–Trinajstić information content (AvgIpc) is 2.44. The molecule has 0 bridgehead atoms. The molecule has 0 radical (unpaired) electrons. The number of nitrogens with one attached hydrogen (secondary N) is 1. The molecule has 0 aliphatic heterocycles. The smallest absolute Gasteiger partial charge is 0.333 e. The van der Waals surface area contributed by atoms with E-state index in [2.05, 4.69) is 5.32 Å². The lowest BCUT2D eigenvalue weighted by Crippen LogP contribution is -2.47. The van der Waals surface area contributed by atoms with Crippen LogP contribution in [-0.4, -0.2) is 23.6 Å². The van der Waals surface area contributed by atoms with Crippen LogP contribution in [0.1, 0.15) is 34.1 Å². The van der Waals surface area contributed by atoms with Gasteiger partial charge in [0.2, 0.25) is 0 Å². The van der Waals surface area contributed by atoms with Gasteiger partial charge in [-0.05, 0) is 31.4 Å². The van der Waals surface area contributed by atoms with E-state index >= 15 is 0 Å². The second kappa shape index (κ2) is 7.26. The van der Waals surface area contributed by atoms with Crippen LogP contribution in [0, 0.1) is 16.0 Å². The Hall–Kier alpha value is -1.82. The summed E-state index contributed by atoms with van der Waals surface area (Å²) in [5, 5.41) is 14.6. The lowest BCUT2D eigenvalue weighted by molar-refractivity contribution is -0.385. The number of nitro groups is 1. The molecule has 0 aliphatic rings. The van der Waals surface area contributed by atoms with Gasteiger partial charge in [0, 0.05) is 12.1 Å². The molecule has 21 heavy (non-hydrogen) atoms. The van der Waals surface area contributed by atoms with Crippen LogP contribution in [0.4, 0.5) is 11.4 Å². The third-order valence-electron chi connectivity index (χ3n) is 3.76. The Morgan fingerprint density at radius 2 is 2.14 bits per heavy atom. The van der Waals surface area contributed by atoms with Gasteiger partial charge in [-0.2, -0.15) is 0 Å². The fraction of sp³-hybridized carbons (Fsp3) is 0.600. The van der Waals surface area contributed by atoms with Crippen molar-refractivity contribution in [1.29, 1.82) is 0 Å². The predicted molar refractivity (Wildman–Crippen MR) is 84.8 cm³/mol. The lowest BCUT2D eigenvalue weighted by Gasteiger charge is -2.34. The Balaban J connectivity index is 3.20. The number of para-hydroxylation sites is 1. The largest absolute Gasteiger partial charge is 0.487 e. The molecule has 0 saturated carbocycles. The van der Waals surface area contributed by atoms with Crippen LogP contribution >= 0.6 is 0 Å². The second-order valence-corrected chi connectivity index (χ2v) is 5.66. The Kier molecular flexibility index (Phi) is 5.96. The van der Waals surface area contributed by atoms with E-state index in [9.17, 15) is 10.1 Å². The number of nitrogens with two attached hydrogens (primary N) is 1. The Morgan fingerprint density at radius 3 is 2.62 bits per heavy atom. The molecule has 1 aromatic carbocycles. The standard InChI is InChI=1S/C15H25N3O3/c1-5-9-21-13-8-6-7-12(14(13)18(19)20)17-15(4,10-16)11(2)3/h6-8,11,17H,5,9-10,16H2,1-4H3. The van der Waals surface area contributed by atoms with Gasteiger partial charge in [-0.15, -0.1) is 0 Å². The van der Waals surface area contributed by atoms with E-state index in [0.717, 1.165) is 6.42 Å². The fourth-order valence-corrected chi connectivity index (χ4v) is 1.88. The number of rotatable bonds is 8. The maximum absolute atomic E-state index is 11.4. The minimum Gasteiger partial charge on any atom is -0.487 e. The van der Waals surface area contributed by atoms with Gasteiger partial charge in [0.15, 0.2) is 5.75 Å². The lowest BCUT2D eigenvalue weighted by atomic mass is 9.88. The highest BCUT2D eigenvalue weighted by molar-refractivity contribution is 5.69. The maximum atomic E-state index is 11.4. The Labute approximate surface area is 125 Å². The predicted octanol–water partition coefficient (Wildman–Crippen LogP) is 3.17. The van der Waals surface area contributed by atoms with Crippen LogP contribution in [-0.2, 0) is 0 Å². The molecule has 3 N–H and O–H groups in total. The molecule has 0 aliphatic carbocycles. The number of nitro benzene ring substituents is 1. The van der Waals surface area contributed by atoms with Crippen molar-refractivity contribution in [3.63, 3.8) is 0 Å². The van der Waals surface area contributed by atoms with Crippen molar-refractivity contribution in [3.05, 3.63) is 28.3 Å². The molecule has 1 rings (SSSR count). The van der Waals surface area contributed by atoms with Gasteiger partial charge in [-0.3, -0.25) is 10.1 Å². The van der Waals surface area contributed by atoms with E-state index in [-0.39, 0.29) is 17.4 Å². The van der Waals surface area contributed by atoms with Crippen molar-refractivity contribution in [2.75, 3.05) is 18.5 Å². The van der Waals surface area contributed by atoms with Crippen LogP contribution in [0.5, 0.6) is 5.75 Å². The molecule has 6 nitrogen and oxygen atoms in total. The summed E-state index contributed by atoms with van der Waals surface area (Å²) in [6, 6.07) is 5.05. The average molecular weight is 295 g/mol. The van der Waals surface area contributed by atoms with Crippen molar-refractivity contribution in [3.8, 4) is 5.75 Å². The quantitative estimate of drug-likeness (QED) is 0.568. The maximum Gasteiger partial charge on any atom is 0.333 e. The summed E-state index contributed by atoms with van der Waals surface area (Å²) >= 11 is 0. The van der Waals surface area contributed by atoms with E-state index in [4.69, 9.17) is 10.5 Å². The molecule has 0 spiro atoms. The summed E-state index contributed by atoms with van der Waals surface area (Å²) in [5.74, 6) is 0.511. The first-order chi connectivity index (χ1) is 9.85. The van der Waals surface area contributed by atoms with E-state index in [1.807, 2.05) is 27.7 Å². The summed E-state index contributed by atoms with van der Waals surface area (Å²) in [6.45, 7) is 8.80. The highest BCUT2D eigenvalue weighted by Gasteiger charge is 2.30. The first-order valence-corrected chi connectivity index (χ1v) is 7.24. The van der Waals surface area contributed by atoms with Crippen LogP contribution in [0.3, 0.4) is 0 Å². The zero-order chi connectivity index (χ0) is 16.0. The summed E-state index contributed by atoms with van der Waals surface area (Å²) < 4.78 is 5.48. The SMILES string of the molecule is CCCOc1cccc(NC(C)(CN)C(C)C)c1[N+](=O)[O-]. The molecule has 0 aromatic heterocycles. The highest BCUT2D eigenvalue weighted by atomic mass is 16.6. The van der Waals surface area contributed by atoms with Gasteiger partial charge < -0.3 is 15.8 Å². The van der Waals surface area contributed by atoms with Crippen LogP contribution in [0.2, 0.25) is 0 Å². The van der Waals surface area contributed by atoms with Gasteiger partial charge in [0.1, 0.15) is 5.69 Å². The monoisotopic (exact) mass is 295 g/mol. The summed E-state index contributed by atoms with van der Waals surface area (Å²) in [5.41, 5.74) is 5.82. The molecule has 0 fully saturated rings. The first kappa shape index (κ1) is 17.2. The van der Waals surface area contributed by atoms with Gasteiger partial charge in [0.05, 0.1) is 11.5 Å². The number of hydrogen-bond donors (Lipinski definition) is 2. The number of nitrogens with zero attached hydrogens (tertiary/aromatic N) is 1. The molecule has 1 aromatic rings. The van der Waals surface area contributed by atoms with Gasteiger partial charge in [-0.1, -0.05) is 26.8 Å². The van der Waals surface area contributed by atoms with Crippen LogP contribution in [0.15, 0.2) is 18.2 Å². The Bertz CT molecular complexity index is 491. The number of hydrogen-bond acceptors (Lipinski definition) is 5. The Morgan fingerprint density at radius 1 is 1.48 bits per heavy atom. The van der Waals surface area contributed by atoms with Crippen molar-refractivity contribution in [2.24, 2.45) is 11.7 Å². The second-order valence-electron chi connectivity index (χ2n) is 5.66. The summed E-state index contributed by atoms with van der Waals surface area (Å²) in [6.07, 6.45) is 0.793. The normalized spacial score (nSPS) is 13.8. The molecule has 0 saturated heterocycles. The zero-order valence-electron chi connectivity index (χ0n) is 13.2. The summed E-state index contributed by atoms with van der Waals surface area (Å²) in [4.78, 5) is 11.0. The topological polar surface area (TPSA) is 90.4 Å². The van der Waals surface area contributed by atoms with Crippen LogP contribution in [0.25, 0.3) is 0 Å². The number of anilines is 1. The van der Waals surface area contributed by atoms with E-state index < -0.39 is 10.5 Å². The van der Waals surface area contributed by atoms with E-state index in [1.54, 1.807) is 18.2 Å². The van der Waals surface area contributed by atoms with Gasteiger partial charge in [-0.25, -0.2) is 0 Å². The fourth-order valence-electron chi connectivity index (χ4n) is 1.88. The summed E-state index contributed by atoms with van der Waals surface area (Å²) in [7, 11) is 0. The van der Waals surface area contributed by atoms with E-state index in [1.165, 1.54) is 0 Å². The molecule has 6 heteroatoms. The van der Waals surface area contributed by atoms with Crippen LogP contribution < -0.4 is 15.8 Å². The molecular formula is C15H25N3O3. The molecule has 0 heterocycles. The van der Waals surface area contributed by atoms with Crippen molar-refractivity contribution in [1.82, 2.24) is 0 Å². The molecule has 1 atom stereocenters. The number of benzene rings is 1. The van der Waals surface area contributed by atoms with Gasteiger partial charge >= 0.3 is 5.69 Å². The third kappa shape index (κ3) is 4.07. The minimum absolute atomic E-state index is 0.0359. The van der Waals surface area contributed by atoms with Crippen molar-refractivity contribution < 1.29 is 9.66 Å². The van der Waals surface area contributed by atoms with Crippen molar-refractivity contribution >= 4 is 11.4 Å². The third-order valence-corrected chi connectivity index (χ3v) is 3.76.